The zero-order chi connectivity index (χ0) is 9.19. The summed E-state index contributed by atoms with van der Waals surface area (Å²) in [6, 6.07) is 3.59. The first kappa shape index (κ1) is 9.19. The molecule has 0 amide bonds. The molecule has 0 aliphatic carbocycles. The molecular weight excluding hydrogens is 174 g/mol. The highest BCUT2D eigenvalue weighted by atomic mass is 32.2. The van der Waals surface area contributed by atoms with Crippen LogP contribution in [0.4, 0.5) is 0 Å². The van der Waals surface area contributed by atoms with Crippen molar-refractivity contribution >= 4 is 9.84 Å². The minimum absolute atomic E-state index is 0.0211. The van der Waals surface area contributed by atoms with Crippen molar-refractivity contribution in [2.24, 2.45) is 0 Å². The molecule has 1 aromatic rings. The Hall–Kier alpha value is -0.900. The van der Waals surface area contributed by atoms with E-state index >= 15 is 0 Å². The standard InChI is InChI=1S/C8H11NO2S/c1-7-3-4-8(9-5-7)6-12(2,10)11/h3-5H,6H2,1-2H3. The third kappa shape index (κ3) is 3.00. The van der Waals surface area contributed by atoms with Crippen LogP contribution in [0.2, 0.25) is 0 Å². The second-order valence-electron chi connectivity index (χ2n) is 2.90. The molecule has 0 unspecified atom stereocenters. The smallest absolute Gasteiger partial charge is 0.153 e. The van der Waals surface area contributed by atoms with Gasteiger partial charge in [-0.2, -0.15) is 0 Å². The van der Waals surface area contributed by atoms with Gasteiger partial charge in [-0.15, -0.1) is 0 Å². The SMILES string of the molecule is Cc1ccc(CS(C)(=O)=O)nc1. The maximum Gasteiger partial charge on any atom is 0.153 e. The fraction of sp³-hybridized carbons (Fsp3) is 0.375. The van der Waals surface area contributed by atoms with E-state index in [1.54, 1.807) is 12.3 Å². The van der Waals surface area contributed by atoms with Gasteiger partial charge in [-0.25, -0.2) is 8.42 Å². The van der Waals surface area contributed by atoms with Crippen molar-refractivity contribution in [2.75, 3.05) is 6.26 Å². The number of hydrogen-bond acceptors (Lipinski definition) is 3. The Morgan fingerprint density at radius 1 is 1.42 bits per heavy atom. The van der Waals surface area contributed by atoms with Crippen LogP contribution in [-0.4, -0.2) is 19.7 Å². The van der Waals surface area contributed by atoms with E-state index in [1.165, 1.54) is 6.26 Å². The molecule has 0 saturated carbocycles. The molecule has 0 fully saturated rings. The van der Waals surface area contributed by atoms with Gasteiger partial charge in [0, 0.05) is 12.5 Å². The fourth-order valence-corrected chi connectivity index (χ4v) is 1.56. The van der Waals surface area contributed by atoms with Gasteiger partial charge in [0.25, 0.3) is 0 Å². The van der Waals surface area contributed by atoms with E-state index in [-0.39, 0.29) is 5.75 Å². The van der Waals surface area contributed by atoms with Crippen molar-refractivity contribution in [2.45, 2.75) is 12.7 Å². The van der Waals surface area contributed by atoms with Gasteiger partial charge in [0.05, 0.1) is 11.4 Å². The van der Waals surface area contributed by atoms with Gasteiger partial charge in [0.1, 0.15) is 0 Å². The third-order valence-electron chi connectivity index (χ3n) is 1.38. The van der Waals surface area contributed by atoms with Crippen LogP contribution in [0, 0.1) is 6.92 Å². The van der Waals surface area contributed by atoms with Gasteiger partial charge in [-0.3, -0.25) is 4.98 Å². The molecule has 0 aliphatic heterocycles. The van der Waals surface area contributed by atoms with Gasteiger partial charge in [-0.05, 0) is 18.6 Å². The zero-order valence-electron chi connectivity index (χ0n) is 7.11. The number of aromatic nitrogens is 1. The summed E-state index contributed by atoms with van der Waals surface area (Å²) in [6.45, 7) is 1.91. The number of pyridine rings is 1. The van der Waals surface area contributed by atoms with Crippen LogP contribution in [0.5, 0.6) is 0 Å². The summed E-state index contributed by atoms with van der Waals surface area (Å²) in [4.78, 5) is 3.98. The Kier molecular flexibility index (Phi) is 2.47. The van der Waals surface area contributed by atoms with Crippen molar-refractivity contribution in [3.8, 4) is 0 Å². The lowest BCUT2D eigenvalue weighted by molar-refractivity contribution is 0.600. The molecule has 0 bridgehead atoms. The number of nitrogens with zero attached hydrogens (tertiary/aromatic N) is 1. The molecular formula is C8H11NO2S. The number of rotatable bonds is 2. The molecule has 1 rings (SSSR count). The largest absolute Gasteiger partial charge is 0.260 e. The average Bonchev–Trinajstić information content (AvgIpc) is 1.91. The van der Waals surface area contributed by atoms with E-state index < -0.39 is 9.84 Å². The third-order valence-corrected chi connectivity index (χ3v) is 2.20. The topological polar surface area (TPSA) is 47.0 Å². The minimum atomic E-state index is -2.95. The highest BCUT2D eigenvalue weighted by Gasteiger charge is 2.04. The van der Waals surface area contributed by atoms with Crippen LogP contribution in [-0.2, 0) is 15.6 Å². The first-order valence-corrected chi connectivity index (χ1v) is 5.63. The van der Waals surface area contributed by atoms with Crippen LogP contribution in [0.15, 0.2) is 18.3 Å². The van der Waals surface area contributed by atoms with Crippen LogP contribution in [0.1, 0.15) is 11.3 Å². The van der Waals surface area contributed by atoms with Crippen molar-refractivity contribution in [1.82, 2.24) is 4.98 Å². The maximum absolute atomic E-state index is 10.8. The maximum atomic E-state index is 10.8. The van der Waals surface area contributed by atoms with Crippen LogP contribution < -0.4 is 0 Å². The molecule has 0 aliphatic rings. The Labute approximate surface area is 72.4 Å². The van der Waals surface area contributed by atoms with Crippen LogP contribution in [0.3, 0.4) is 0 Å². The number of aryl methyl sites for hydroxylation is 1. The minimum Gasteiger partial charge on any atom is -0.260 e. The van der Waals surface area contributed by atoms with Crippen molar-refractivity contribution in [1.29, 1.82) is 0 Å². The van der Waals surface area contributed by atoms with Gasteiger partial charge in [0.15, 0.2) is 9.84 Å². The molecule has 0 N–H and O–H groups in total. The number of hydrogen-bond donors (Lipinski definition) is 0. The fourth-order valence-electron chi connectivity index (χ4n) is 0.852. The predicted octanol–water partition coefficient (Wildman–Crippen LogP) is 0.935. The lowest BCUT2D eigenvalue weighted by atomic mass is 10.3. The van der Waals surface area contributed by atoms with Crippen molar-refractivity contribution in [3.05, 3.63) is 29.6 Å². The molecule has 0 saturated heterocycles. The van der Waals surface area contributed by atoms with E-state index in [4.69, 9.17) is 0 Å². The molecule has 66 valence electrons. The van der Waals surface area contributed by atoms with E-state index in [0.29, 0.717) is 5.69 Å². The summed E-state index contributed by atoms with van der Waals surface area (Å²) in [5, 5.41) is 0. The lowest BCUT2D eigenvalue weighted by Gasteiger charge is -1.97. The number of sulfone groups is 1. The van der Waals surface area contributed by atoms with Crippen LogP contribution in [0.25, 0.3) is 0 Å². The highest BCUT2D eigenvalue weighted by Crippen LogP contribution is 2.02. The Morgan fingerprint density at radius 2 is 2.08 bits per heavy atom. The predicted molar refractivity (Wildman–Crippen MR) is 47.5 cm³/mol. The average molecular weight is 185 g/mol. The summed E-state index contributed by atoms with van der Waals surface area (Å²) in [6.07, 6.45) is 2.87. The van der Waals surface area contributed by atoms with Crippen molar-refractivity contribution in [3.63, 3.8) is 0 Å². The van der Waals surface area contributed by atoms with Gasteiger partial charge >= 0.3 is 0 Å². The molecule has 0 atom stereocenters. The summed E-state index contributed by atoms with van der Waals surface area (Å²) >= 11 is 0. The van der Waals surface area contributed by atoms with E-state index in [2.05, 4.69) is 4.98 Å². The van der Waals surface area contributed by atoms with Gasteiger partial charge in [-0.1, -0.05) is 6.07 Å². The lowest BCUT2D eigenvalue weighted by Crippen LogP contribution is -2.02. The highest BCUT2D eigenvalue weighted by molar-refractivity contribution is 7.89. The molecule has 1 aromatic heterocycles. The summed E-state index contributed by atoms with van der Waals surface area (Å²) in [5.41, 5.74) is 1.63. The second-order valence-corrected chi connectivity index (χ2v) is 5.04. The molecule has 0 aromatic carbocycles. The first-order valence-electron chi connectivity index (χ1n) is 3.56. The van der Waals surface area contributed by atoms with E-state index in [9.17, 15) is 8.42 Å². The second kappa shape index (κ2) is 3.23. The zero-order valence-corrected chi connectivity index (χ0v) is 7.93. The summed E-state index contributed by atoms with van der Waals surface area (Å²) in [5.74, 6) is 0.0211. The summed E-state index contributed by atoms with van der Waals surface area (Å²) in [7, 11) is -2.95. The molecule has 12 heavy (non-hydrogen) atoms. The van der Waals surface area contributed by atoms with E-state index in [0.717, 1.165) is 5.56 Å². The molecule has 1 heterocycles. The summed E-state index contributed by atoms with van der Waals surface area (Å²) < 4.78 is 21.7. The van der Waals surface area contributed by atoms with E-state index in [1.807, 2.05) is 13.0 Å². The van der Waals surface area contributed by atoms with Crippen LogP contribution >= 0.6 is 0 Å². The monoisotopic (exact) mass is 185 g/mol. The first-order chi connectivity index (χ1) is 5.47. The van der Waals surface area contributed by atoms with Gasteiger partial charge in [0.2, 0.25) is 0 Å². The van der Waals surface area contributed by atoms with Crippen molar-refractivity contribution < 1.29 is 8.42 Å². The Balaban J connectivity index is 2.85. The molecule has 4 heteroatoms. The molecule has 0 spiro atoms. The molecule has 0 radical (unpaired) electrons. The Morgan fingerprint density at radius 3 is 2.50 bits per heavy atom. The normalized spacial score (nSPS) is 11.5. The Bertz CT molecular complexity index is 353. The van der Waals surface area contributed by atoms with Gasteiger partial charge < -0.3 is 0 Å². The quantitative estimate of drug-likeness (QED) is 0.688. The molecule has 3 nitrogen and oxygen atoms in total.